The van der Waals surface area contributed by atoms with E-state index in [-0.39, 0.29) is 29.2 Å². The molecule has 0 aliphatic rings. The first-order chi connectivity index (χ1) is 10.1. The van der Waals surface area contributed by atoms with Crippen molar-refractivity contribution in [1.82, 2.24) is 15.6 Å². The number of thiazole rings is 1. The number of amides is 2. The first-order valence-electron chi connectivity index (χ1n) is 6.04. The summed E-state index contributed by atoms with van der Waals surface area (Å²) in [6, 6.07) is 9.34. The van der Waals surface area contributed by atoms with Crippen molar-refractivity contribution in [1.29, 1.82) is 0 Å². The predicted molar refractivity (Wildman–Crippen MR) is 80.9 cm³/mol. The molecule has 0 atom stereocenters. The number of carboxylic acid groups (broad SMARTS) is 1. The monoisotopic (exact) mass is 325 g/mol. The number of hydrogen-bond acceptors (Lipinski definition) is 4. The minimum absolute atomic E-state index is 0.125. The van der Waals surface area contributed by atoms with Crippen LogP contribution < -0.4 is 10.6 Å². The number of carbonyl (C=O) groups excluding carboxylic acids is 1. The van der Waals surface area contributed by atoms with Crippen molar-refractivity contribution >= 4 is 34.9 Å². The predicted octanol–water partition coefficient (Wildman–Crippen LogP) is 2.46. The van der Waals surface area contributed by atoms with Crippen molar-refractivity contribution in [3.8, 4) is 10.4 Å². The maximum Gasteiger partial charge on any atom is 0.404 e. The molecule has 0 radical (unpaired) electrons. The van der Waals surface area contributed by atoms with E-state index in [0.717, 1.165) is 5.56 Å². The number of halogens is 1. The van der Waals surface area contributed by atoms with Crippen LogP contribution in [0.1, 0.15) is 10.5 Å². The van der Waals surface area contributed by atoms with E-state index >= 15 is 0 Å². The molecule has 0 spiro atoms. The van der Waals surface area contributed by atoms with Crippen molar-refractivity contribution in [2.45, 2.75) is 0 Å². The molecule has 0 bridgehead atoms. The zero-order valence-electron chi connectivity index (χ0n) is 10.8. The maximum atomic E-state index is 12.1. The molecule has 8 heteroatoms. The zero-order chi connectivity index (χ0) is 15.2. The van der Waals surface area contributed by atoms with E-state index in [4.69, 9.17) is 16.7 Å². The van der Waals surface area contributed by atoms with Gasteiger partial charge in [0.15, 0.2) is 4.47 Å². The Morgan fingerprint density at radius 3 is 2.52 bits per heavy atom. The largest absolute Gasteiger partial charge is 0.465 e. The lowest BCUT2D eigenvalue weighted by Crippen LogP contribution is -2.34. The summed E-state index contributed by atoms with van der Waals surface area (Å²) in [7, 11) is 0. The van der Waals surface area contributed by atoms with Crippen LogP contribution in [0.15, 0.2) is 30.3 Å². The Morgan fingerprint density at radius 1 is 1.19 bits per heavy atom. The Kier molecular flexibility index (Phi) is 5.13. The number of carbonyl (C=O) groups is 2. The number of aromatic nitrogens is 1. The number of hydrogen-bond donors (Lipinski definition) is 3. The molecule has 2 rings (SSSR count). The van der Waals surface area contributed by atoms with Gasteiger partial charge in [0.25, 0.3) is 5.91 Å². The fourth-order valence-corrected chi connectivity index (χ4v) is 2.77. The molecule has 21 heavy (non-hydrogen) atoms. The molecule has 1 heterocycles. The van der Waals surface area contributed by atoms with Crippen LogP contribution in [-0.4, -0.2) is 35.2 Å². The third-order valence-corrected chi connectivity index (χ3v) is 3.75. The molecule has 0 unspecified atom stereocenters. The van der Waals surface area contributed by atoms with E-state index in [1.54, 1.807) is 0 Å². The van der Waals surface area contributed by atoms with Gasteiger partial charge in [-0.2, -0.15) is 0 Å². The third-order valence-electron chi connectivity index (χ3n) is 2.54. The quantitative estimate of drug-likeness (QED) is 0.736. The molecule has 1 aromatic heterocycles. The van der Waals surface area contributed by atoms with Crippen LogP contribution in [0, 0.1) is 0 Å². The summed E-state index contributed by atoms with van der Waals surface area (Å²) in [5.74, 6) is -0.385. The lowest BCUT2D eigenvalue weighted by atomic mass is 10.1. The molecule has 1 aromatic carbocycles. The van der Waals surface area contributed by atoms with Gasteiger partial charge in [0.05, 0.1) is 4.88 Å². The van der Waals surface area contributed by atoms with E-state index in [0.29, 0.717) is 4.88 Å². The van der Waals surface area contributed by atoms with Crippen molar-refractivity contribution in [3.05, 3.63) is 40.5 Å². The molecule has 0 aliphatic carbocycles. The summed E-state index contributed by atoms with van der Waals surface area (Å²) in [4.78, 5) is 27.1. The summed E-state index contributed by atoms with van der Waals surface area (Å²) in [6.45, 7) is 0.300. The van der Waals surface area contributed by atoms with E-state index in [1.807, 2.05) is 30.3 Å². The number of nitrogens with one attached hydrogen (secondary N) is 2. The second-order valence-corrected chi connectivity index (χ2v) is 5.58. The van der Waals surface area contributed by atoms with E-state index in [1.165, 1.54) is 11.3 Å². The highest BCUT2D eigenvalue weighted by Gasteiger charge is 2.18. The molecule has 2 aromatic rings. The fraction of sp³-hybridized carbons (Fsp3) is 0.154. The van der Waals surface area contributed by atoms with Crippen LogP contribution in [0.2, 0.25) is 4.47 Å². The average Bonchev–Trinajstić information content (AvgIpc) is 2.86. The lowest BCUT2D eigenvalue weighted by Gasteiger charge is -2.05. The summed E-state index contributed by atoms with van der Waals surface area (Å²) in [6.07, 6.45) is -1.13. The Bertz CT molecular complexity index is 645. The molecule has 0 saturated carbocycles. The van der Waals surface area contributed by atoms with Gasteiger partial charge in [-0.15, -0.1) is 11.3 Å². The number of rotatable bonds is 5. The Morgan fingerprint density at radius 2 is 1.86 bits per heavy atom. The first-order valence-corrected chi connectivity index (χ1v) is 7.24. The molecule has 0 saturated heterocycles. The molecule has 0 fully saturated rings. The van der Waals surface area contributed by atoms with Crippen LogP contribution in [0.4, 0.5) is 4.79 Å². The Balaban J connectivity index is 2.09. The Labute approximate surface area is 129 Å². The van der Waals surface area contributed by atoms with Crippen LogP contribution in [-0.2, 0) is 0 Å². The van der Waals surface area contributed by atoms with Crippen molar-refractivity contribution in [2.75, 3.05) is 13.1 Å². The van der Waals surface area contributed by atoms with Crippen LogP contribution in [0.3, 0.4) is 0 Å². The summed E-state index contributed by atoms with van der Waals surface area (Å²) < 4.78 is 0.280. The molecule has 110 valence electrons. The second-order valence-electron chi connectivity index (χ2n) is 4.00. The summed E-state index contributed by atoms with van der Waals surface area (Å²) in [5, 5.41) is 13.2. The van der Waals surface area contributed by atoms with Gasteiger partial charge in [0.2, 0.25) is 0 Å². The highest BCUT2D eigenvalue weighted by Crippen LogP contribution is 2.32. The van der Waals surface area contributed by atoms with Gasteiger partial charge >= 0.3 is 6.09 Å². The normalized spacial score (nSPS) is 10.1. The fourth-order valence-electron chi connectivity index (χ4n) is 1.66. The van der Waals surface area contributed by atoms with Gasteiger partial charge in [-0.25, -0.2) is 9.78 Å². The standard InChI is InChI=1S/C13H12ClN3O3S/c14-12-17-9(11(18)15-6-7-16-13(19)20)10(21-12)8-4-2-1-3-5-8/h1-5,16H,6-7H2,(H,15,18)(H,19,20). The van der Waals surface area contributed by atoms with E-state index < -0.39 is 6.09 Å². The molecule has 3 N–H and O–H groups in total. The van der Waals surface area contributed by atoms with Crippen molar-refractivity contribution < 1.29 is 14.7 Å². The highest BCUT2D eigenvalue weighted by molar-refractivity contribution is 7.19. The van der Waals surface area contributed by atoms with Crippen LogP contribution in [0.5, 0.6) is 0 Å². The number of nitrogens with zero attached hydrogens (tertiary/aromatic N) is 1. The molecule has 0 aliphatic heterocycles. The van der Waals surface area contributed by atoms with Gasteiger partial charge in [-0.3, -0.25) is 4.79 Å². The first kappa shape index (κ1) is 15.3. The number of benzene rings is 1. The van der Waals surface area contributed by atoms with Crippen molar-refractivity contribution in [2.24, 2.45) is 0 Å². The van der Waals surface area contributed by atoms with Crippen molar-refractivity contribution in [3.63, 3.8) is 0 Å². The maximum absolute atomic E-state index is 12.1. The SMILES string of the molecule is O=C(O)NCCNC(=O)c1nc(Cl)sc1-c1ccccc1. The van der Waals surface area contributed by atoms with Crippen LogP contribution in [0.25, 0.3) is 10.4 Å². The topological polar surface area (TPSA) is 91.3 Å². The molecule has 6 nitrogen and oxygen atoms in total. The van der Waals surface area contributed by atoms with Gasteiger partial charge in [0, 0.05) is 13.1 Å². The van der Waals surface area contributed by atoms with Gasteiger partial charge in [-0.1, -0.05) is 41.9 Å². The molecular weight excluding hydrogens is 314 g/mol. The minimum atomic E-state index is -1.13. The minimum Gasteiger partial charge on any atom is -0.465 e. The summed E-state index contributed by atoms with van der Waals surface area (Å²) >= 11 is 7.12. The van der Waals surface area contributed by atoms with Gasteiger partial charge in [-0.05, 0) is 5.56 Å². The van der Waals surface area contributed by atoms with E-state index in [2.05, 4.69) is 15.6 Å². The molecular formula is C13H12ClN3O3S. The van der Waals surface area contributed by atoms with E-state index in [9.17, 15) is 9.59 Å². The summed E-state index contributed by atoms with van der Waals surface area (Å²) in [5.41, 5.74) is 1.10. The average molecular weight is 326 g/mol. The molecule has 2 amide bonds. The lowest BCUT2D eigenvalue weighted by molar-refractivity contribution is 0.0949. The second kappa shape index (κ2) is 7.05. The van der Waals surface area contributed by atoms with Crippen LogP contribution >= 0.6 is 22.9 Å². The third kappa shape index (κ3) is 4.17. The Hall–Kier alpha value is -2.12. The van der Waals surface area contributed by atoms with Gasteiger partial charge < -0.3 is 15.7 Å². The highest BCUT2D eigenvalue weighted by atomic mass is 35.5. The van der Waals surface area contributed by atoms with Gasteiger partial charge in [0.1, 0.15) is 5.69 Å². The zero-order valence-corrected chi connectivity index (χ0v) is 12.4. The smallest absolute Gasteiger partial charge is 0.404 e.